The summed E-state index contributed by atoms with van der Waals surface area (Å²) in [6.07, 6.45) is -3.59. The molecule has 4 amide bonds. The second kappa shape index (κ2) is 11.9. The van der Waals surface area contributed by atoms with Crippen LogP contribution in [0.25, 0.3) is 6.08 Å². The summed E-state index contributed by atoms with van der Waals surface area (Å²) >= 11 is 15.4. The second-order valence-corrected chi connectivity index (χ2v) is 10.00. The van der Waals surface area contributed by atoms with E-state index in [2.05, 4.69) is 15.9 Å². The first-order valence-electron chi connectivity index (χ1n) is 11.5. The normalized spacial score (nSPS) is 14.9. The lowest BCUT2D eigenvalue weighted by Gasteiger charge is -2.27. The van der Waals surface area contributed by atoms with Crippen LogP contribution >= 0.6 is 39.1 Å². The van der Waals surface area contributed by atoms with Crippen LogP contribution in [0, 0.1) is 0 Å². The molecule has 1 N–H and O–H groups in total. The maximum Gasteiger partial charge on any atom is 0.416 e. The summed E-state index contributed by atoms with van der Waals surface area (Å²) in [6, 6.07) is 11.0. The Morgan fingerprint density at radius 1 is 1.00 bits per heavy atom. The van der Waals surface area contributed by atoms with Crippen molar-refractivity contribution in [2.75, 3.05) is 11.5 Å². The molecule has 3 aromatic rings. The van der Waals surface area contributed by atoms with Gasteiger partial charge in [-0.3, -0.25) is 14.9 Å². The molecule has 1 saturated heterocycles. The van der Waals surface area contributed by atoms with Crippen LogP contribution in [0.15, 0.2) is 64.6 Å². The van der Waals surface area contributed by atoms with E-state index in [0.29, 0.717) is 37.8 Å². The Balaban J connectivity index is 1.69. The first kappa shape index (κ1) is 29.4. The molecule has 1 heterocycles. The van der Waals surface area contributed by atoms with Gasteiger partial charge in [-0.05, 0) is 82.5 Å². The molecule has 7 nitrogen and oxygen atoms in total. The van der Waals surface area contributed by atoms with Crippen LogP contribution < -0.4 is 19.7 Å². The van der Waals surface area contributed by atoms with Crippen LogP contribution in [-0.4, -0.2) is 24.5 Å². The molecule has 0 aromatic heterocycles. The number of rotatable bonds is 7. The third-order valence-electron chi connectivity index (χ3n) is 5.56. The van der Waals surface area contributed by atoms with E-state index in [0.717, 1.165) is 11.6 Å². The molecule has 0 saturated carbocycles. The van der Waals surface area contributed by atoms with Crippen molar-refractivity contribution in [2.45, 2.75) is 19.7 Å². The van der Waals surface area contributed by atoms with Crippen molar-refractivity contribution in [1.82, 2.24) is 5.32 Å². The van der Waals surface area contributed by atoms with Gasteiger partial charge in [0.1, 0.15) is 12.2 Å². The number of hydrogen-bond acceptors (Lipinski definition) is 5. The Kier molecular flexibility index (Phi) is 8.77. The predicted octanol–water partition coefficient (Wildman–Crippen LogP) is 7.42. The number of urea groups is 1. The Morgan fingerprint density at radius 2 is 1.70 bits per heavy atom. The monoisotopic (exact) mass is 656 g/mol. The summed E-state index contributed by atoms with van der Waals surface area (Å²) in [7, 11) is 0. The van der Waals surface area contributed by atoms with Crippen molar-refractivity contribution < 1.29 is 37.0 Å². The topological polar surface area (TPSA) is 84.9 Å². The van der Waals surface area contributed by atoms with E-state index in [1.807, 2.05) is 5.32 Å². The number of alkyl halides is 3. The Labute approximate surface area is 244 Å². The zero-order valence-electron chi connectivity index (χ0n) is 20.4. The van der Waals surface area contributed by atoms with Gasteiger partial charge in [0.25, 0.3) is 11.8 Å². The molecule has 1 aliphatic rings. The third-order valence-corrected chi connectivity index (χ3v) is 6.72. The minimum absolute atomic E-state index is 0.186. The summed E-state index contributed by atoms with van der Waals surface area (Å²) in [4.78, 5) is 38.8. The number of carbonyl (C=O) groups is 3. The molecular formula is C27H18BrCl2F3N2O5. The first-order chi connectivity index (χ1) is 18.9. The highest BCUT2D eigenvalue weighted by molar-refractivity contribution is 9.10. The van der Waals surface area contributed by atoms with Gasteiger partial charge in [-0.1, -0.05) is 35.3 Å². The van der Waals surface area contributed by atoms with Gasteiger partial charge in [0, 0.05) is 5.02 Å². The number of halogens is 6. The SMILES string of the molecule is CCOc1cc(/C=C2\C(=O)NC(=O)N(c3cc(C(F)(F)F)ccc3Cl)C2=O)cc(Br)c1OCc1ccc(Cl)cc1. The fraction of sp³-hybridized carbons (Fsp3) is 0.148. The molecule has 0 aliphatic carbocycles. The molecule has 1 fully saturated rings. The van der Waals surface area contributed by atoms with Crippen molar-refractivity contribution >= 4 is 68.7 Å². The molecule has 40 heavy (non-hydrogen) atoms. The second-order valence-electron chi connectivity index (χ2n) is 8.30. The number of nitrogens with one attached hydrogen (secondary N) is 1. The standard InChI is InChI=1S/C27H18BrCl2F3N2O5/c1-2-39-22-11-15(10-19(28)23(22)40-13-14-3-6-17(29)7-4-14)9-18-24(36)34-26(38)35(25(18)37)21-12-16(27(31,32)33)5-8-20(21)30/h3-12H,2,13H2,1H3,(H,34,36,38)/b18-9+. The fourth-order valence-corrected chi connectivity index (χ4v) is 4.62. The molecule has 3 aromatic carbocycles. The number of imide groups is 2. The maximum atomic E-state index is 13.3. The van der Waals surface area contributed by atoms with E-state index in [4.69, 9.17) is 32.7 Å². The third kappa shape index (κ3) is 6.43. The van der Waals surface area contributed by atoms with Gasteiger partial charge in [0.2, 0.25) is 0 Å². The number of carbonyl (C=O) groups excluding carboxylic acids is 3. The van der Waals surface area contributed by atoms with Crippen LogP contribution in [0.1, 0.15) is 23.6 Å². The number of hydrogen-bond donors (Lipinski definition) is 1. The highest BCUT2D eigenvalue weighted by Gasteiger charge is 2.39. The lowest BCUT2D eigenvalue weighted by molar-refractivity contribution is -0.137. The van der Waals surface area contributed by atoms with Gasteiger partial charge in [-0.15, -0.1) is 0 Å². The zero-order chi connectivity index (χ0) is 29.2. The Bertz CT molecular complexity index is 1530. The minimum Gasteiger partial charge on any atom is -0.490 e. The quantitative estimate of drug-likeness (QED) is 0.211. The van der Waals surface area contributed by atoms with Gasteiger partial charge >= 0.3 is 12.2 Å². The molecule has 0 bridgehead atoms. The number of ether oxygens (including phenoxy) is 2. The van der Waals surface area contributed by atoms with E-state index >= 15 is 0 Å². The smallest absolute Gasteiger partial charge is 0.416 e. The molecule has 4 rings (SSSR count). The van der Waals surface area contributed by atoms with Crippen LogP contribution in [0.5, 0.6) is 11.5 Å². The van der Waals surface area contributed by atoms with Crippen molar-refractivity contribution in [3.05, 3.63) is 91.4 Å². The average molecular weight is 658 g/mol. The van der Waals surface area contributed by atoms with Crippen LogP contribution in [0.4, 0.5) is 23.7 Å². The fourth-order valence-electron chi connectivity index (χ4n) is 3.71. The molecule has 0 unspecified atom stereocenters. The summed E-state index contributed by atoms with van der Waals surface area (Å²) in [6.45, 7) is 2.20. The van der Waals surface area contributed by atoms with Crippen molar-refractivity contribution in [1.29, 1.82) is 0 Å². The average Bonchev–Trinajstić information content (AvgIpc) is 2.87. The van der Waals surface area contributed by atoms with E-state index < -0.39 is 40.8 Å². The molecular weight excluding hydrogens is 640 g/mol. The number of anilines is 1. The maximum absolute atomic E-state index is 13.3. The summed E-state index contributed by atoms with van der Waals surface area (Å²) in [5, 5.41) is 2.24. The van der Waals surface area contributed by atoms with E-state index in [1.165, 1.54) is 12.1 Å². The summed E-state index contributed by atoms with van der Waals surface area (Å²) in [5.74, 6) is -1.56. The van der Waals surface area contributed by atoms with E-state index in [1.54, 1.807) is 37.3 Å². The van der Waals surface area contributed by atoms with Crippen molar-refractivity contribution in [2.24, 2.45) is 0 Å². The van der Waals surface area contributed by atoms with Crippen LogP contribution in [-0.2, 0) is 22.4 Å². The van der Waals surface area contributed by atoms with Crippen LogP contribution in [0.3, 0.4) is 0 Å². The Morgan fingerprint density at radius 3 is 2.35 bits per heavy atom. The van der Waals surface area contributed by atoms with Gasteiger partial charge in [0.15, 0.2) is 11.5 Å². The number of nitrogens with zero attached hydrogens (tertiary/aromatic N) is 1. The first-order valence-corrected chi connectivity index (χ1v) is 13.1. The van der Waals surface area contributed by atoms with E-state index in [-0.39, 0.29) is 24.0 Å². The van der Waals surface area contributed by atoms with Gasteiger partial charge in [0.05, 0.1) is 27.4 Å². The highest BCUT2D eigenvalue weighted by atomic mass is 79.9. The number of amides is 4. The molecule has 0 radical (unpaired) electrons. The summed E-state index contributed by atoms with van der Waals surface area (Å²) in [5.41, 5.74) is -1.03. The Hall–Kier alpha value is -3.54. The van der Waals surface area contributed by atoms with E-state index in [9.17, 15) is 27.6 Å². The molecule has 0 spiro atoms. The van der Waals surface area contributed by atoms with Crippen LogP contribution in [0.2, 0.25) is 10.0 Å². The zero-order valence-corrected chi connectivity index (χ0v) is 23.5. The van der Waals surface area contributed by atoms with Gasteiger partial charge < -0.3 is 9.47 Å². The minimum atomic E-state index is -4.76. The molecule has 208 valence electrons. The molecule has 13 heteroatoms. The number of barbiturate groups is 1. The molecule has 0 atom stereocenters. The van der Waals surface area contributed by atoms with Crippen molar-refractivity contribution in [3.8, 4) is 11.5 Å². The van der Waals surface area contributed by atoms with Gasteiger partial charge in [-0.2, -0.15) is 13.2 Å². The number of benzene rings is 3. The lowest BCUT2D eigenvalue weighted by atomic mass is 10.1. The summed E-state index contributed by atoms with van der Waals surface area (Å²) < 4.78 is 51.9. The largest absolute Gasteiger partial charge is 0.490 e. The lowest BCUT2D eigenvalue weighted by Crippen LogP contribution is -2.54. The predicted molar refractivity (Wildman–Crippen MR) is 147 cm³/mol. The van der Waals surface area contributed by atoms with Crippen molar-refractivity contribution in [3.63, 3.8) is 0 Å². The highest BCUT2D eigenvalue weighted by Crippen LogP contribution is 2.39. The van der Waals surface area contributed by atoms with Gasteiger partial charge in [-0.25, -0.2) is 9.69 Å². The molecule has 1 aliphatic heterocycles.